The third-order valence-electron chi connectivity index (χ3n) is 5.61. The molecule has 1 aromatic carbocycles. The van der Waals surface area contributed by atoms with Gasteiger partial charge in [-0.1, -0.05) is 23.3 Å². The first kappa shape index (κ1) is 16.5. The van der Waals surface area contributed by atoms with E-state index in [4.69, 9.17) is 4.74 Å². The molecule has 3 aliphatic rings. The Kier molecular flexibility index (Phi) is 3.50. The number of imide groups is 1. The highest BCUT2D eigenvalue weighted by molar-refractivity contribution is 6.24. The summed E-state index contributed by atoms with van der Waals surface area (Å²) in [5, 5.41) is 11.0. The molecule has 0 aromatic heterocycles. The molecule has 26 heavy (non-hydrogen) atoms. The number of benzene rings is 1. The Balaban J connectivity index is 1.77. The number of hydrogen-bond donors (Lipinski definition) is 0. The minimum atomic E-state index is -0.542. The van der Waals surface area contributed by atoms with Crippen molar-refractivity contribution in [2.45, 2.75) is 13.8 Å². The average molecular weight is 354 g/mol. The molecule has 4 rings (SSSR count). The van der Waals surface area contributed by atoms with Crippen LogP contribution in [0, 0.1) is 33.8 Å². The predicted molar refractivity (Wildman–Crippen MR) is 93.6 cm³/mol. The van der Waals surface area contributed by atoms with Gasteiger partial charge in [-0.05, 0) is 19.9 Å². The number of methoxy groups -OCH3 is 1. The first-order chi connectivity index (χ1) is 12.4. The van der Waals surface area contributed by atoms with Crippen molar-refractivity contribution < 1.29 is 19.2 Å². The second-order valence-electron chi connectivity index (χ2n) is 7.07. The molecule has 1 heterocycles. The molecule has 134 valence electrons. The Hall–Kier alpha value is -2.96. The highest BCUT2D eigenvalue weighted by Crippen LogP contribution is 2.57. The molecule has 2 fully saturated rings. The van der Waals surface area contributed by atoms with E-state index in [1.165, 1.54) is 30.9 Å². The van der Waals surface area contributed by atoms with E-state index in [0.29, 0.717) is 0 Å². The lowest BCUT2D eigenvalue weighted by Gasteiger charge is -2.21. The molecular weight excluding hydrogens is 336 g/mol. The van der Waals surface area contributed by atoms with Gasteiger partial charge in [0.1, 0.15) is 5.75 Å². The molecule has 1 saturated heterocycles. The van der Waals surface area contributed by atoms with Crippen molar-refractivity contribution in [1.82, 2.24) is 0 Å². The van der Waals surface area contributed by atoms with Crippen molar-refractivity contribution >= 4 is 23.2 Å². The largest absolute Gasteiger partial charge is 0.494 e. The quantitative estimate of drug-likeness (QED) is 0.360. The fraction of sp³-hybridized carbons (Fsp3) is 0.368. The lowest BCUT2D eigenvalue weighted by molar-refractivity contribution is -0.384. The summed E-state index contributed by atoms with van der Waals surface area (Å²) in [6.45, 7) is 4.02. The Bertz CT molecular complexity index is 879. The van der Waals surface area contributed by atoms with Gasteiger partial charge in [-0.15, -0.1) is 0 Å². The van der Waals surface area contributed by atoms with Crippen LogP contribution in [-0.2, 0) is 9.59 Å². The number of allylic oxidation sites excluding steroid dienone is 4. The van der Waals surface area contributed by atoms with Crippen LogP contribution in [0.2, 0.25) is 0 Å². The van der Waals surface area contributed by atoms with E-state index in [-0.39, 0.29) is 40.8 Å². The van der Waals surface area contributed by atoms with Gasteiger partial charge < -0.3 is 4.74 Å². The number of carbonyl (C=O) groups is 2. The number of nitro benzene ring substituents is 1. The van der Waals surface area contributed by atoms with Gasteiger partial charge >= 0.3 is 0 Å². The zero-order valence-corrected chi connectivity index (χ0v) is 14.6. The van der Waals surface area contributed by atoms with E-state index in [9.17, 15) is 19.7 Å². The van der Waals surface area contributed by atoms with Crippen molar-refractivity contribution in [2.75, 3.05) is 12.0 Å². The maximum absolute atomic E-state index is 13.1. The molecule has 0 radical (unpaired) electrons. The van der Waals surface area contributed by atoms with Gasteiger partial charge in [-0.25, -0.2) is 4.90 Å². The lowest BCUT2D eigenvalue weighted by atomic mass is 9.85. The molecule has 7 heteroatoms. The van der Waals surface area contributed by atoms with Crippen LogP contribution < -0.4 is 9.64 Å². The first-order valence-corrected chi connectivity index (χ1v) is 8.42. The number of anilines is 1. The van der Waals surface area contributed by atoms with Crippen LogP contribution in [0.5, 0.6) is 5.75 Å². The van der Waals surface area contributed by atoms with Crippen LogP contribution in [0.15, 0.2) is 41.5 Å². The zero-order chi connectivity index (χ0) is 18.7. The summed E-state index contributed by atoms with van der Waals surface area (Å²) in [7, 11) is 1.36. The van der Waals surface area contributed by atoms with Crippen LogP contribution in [-0.4, -0.2) is 23.8 Å². The monoisotopic (exact) mass is 354 g/mol. The fourth-order valence-electron chi connectivity index (χ4n) is 4.63. The molecule has 0 N–H and O–H groups in total. The number of hydrogen-bond acceptors (Lipinski definition) is 5. The Labute approximate surface area is 150 Å². The van der Waals surface area contributed by atoms with Gasteiger partial charge in [0.2, 0.25) is 11.8 Å². The minimum Gasteiger partial charge on any atom is -0.494 e. The number of non-ortho nitro benzene ring substituents is 1. The van der Waals surface area contributed by atoms with E-state index >= 15 is 0 Å². The standard InChI is InChI=1S/C19H18N2O5/c1-9(2)15-11-5-6-12(15)17-16(11)18(22)20(19(17)23)13-7-4-10(21(24)25)8-14(13)26-3/h4-8,11-12,16-17H,1-3H3/t11-,12-,16-,17-/m0/s1. The first-order valence-electron chi connectivity index (χ1n) is 8.42. The van der Waals surface area contributed by atoms with E-state index in [1.807, 2.05) is 26.0 Å². The van der Waals surface area contributed by atoms with Crippen LogP contribution in [0.1, 0.15) is 13.8 Å². The number of nitro groups is 1. The molecule has 4 atom stereocenters. The lowest BCUT2D eigenvalue weighted by Crippen LogP contribution is -2.33. The number of rotatable bonds is 3. The minimum absolute atomic E-state index is 0.0412. The smallest absolute Gasteiger partial charge is 0.273 e. The molecule has 0 spiro atoms. The van der Waals surface area contributed by atoms with Crippen molar-refractivity contribution in [3.63, 3.8) is 0 Å². The van der Waals surface area contributed by atoms with E-state index < -0.39 is 16.8 Å². The summed E-state index contributed by atoms with van der Waals surface area (Å²) < 4.78 is 5.22. The van der Waals surface area contributed by atoms with Crippen LogP contribution in [0.25, 0.3) is 0 Å². The highest BCUT2D eigenvalue weighted by atomic mass is 16.6. The maximum Gasteiger partial charge on any atom is 0.273 e. The van der Waals surface area contributed by atoms with Crippen LogP contribution in [0.4, 0.5) is 11.4 Å². The summed E-state index contributed by atoms with van der Waals surface area (Å²) >= 11 is 0. The third-order valence-corrected chi connectivity index (χ3v) is 5.61. The van der Waals surface area contributed by atoms with Gasteiger partial charge in [0.15, 0.2) is 0 Å². The summed E-state index contributed by atoms with van der Waals surface area (Å²) in [6.07, 6.45) is 4.05. The predicted octanol–water partition coefficient (Wildman–Crippen LogP) is 2.86. The molecule has 1 aliphatic heterocycles. The molecule has 0 unspecified atom stereocenters. The SMILES string of the molecule is COc1cc([N+](=O)[O-])ccc1N1C(=O)[C@@H]2[C@@H](C1=O)[C@H]1C=C[C@H]2C1=C(C)C. The third kappa shape index (κ3) is 2.00. The normalized spacial score (nSPS) is 28.7. The summed E-state index contributed by atoms with van der Waals surface area (Å²) in [4.78, 5) is 37.8. The van der Waals surface area contributed by atoms with Gasteiger partial charge in [-0.3, -0.25) is 19.7 Å². The van der Waals surface area contributed by atoms with Gasteiger partial charge in [-0.2, -0.15) is 0 Å². The average Bonchev–Trinajstić information content (AvgIpc) is 3.24. The van der Waals surface area contributed by atoms with Gasteiger partial charge in [0.05, 0.1) is 35.6 Å². The second-order valence-corrected chi connectivity index (χ2v) is 7.07. The fourth-order valence-corrected chi connectivity index (χ4v) is 4.63. The van der Waals surface area contributed by atoms with E-state index in [2.05, 4.69) is 0 Å². The van der Waals surface area contributed by atoms with Crippen molar-refractivity contribution in [1.29, 1.82) is 0 Å². The van der Waals surface area contributed by atoms with Gasteiger partial charge in [0, 0.05) is 17.9 Å². The highest BCUT2D eigenvalue weighted by Gasteiger charge is 2.62. The molecule has 2 bridgehead atoms. The number of ether oxygens (including phenoxy) is 1. The number of carbonyl (C=O) groups excluding carboxylic acids is 2. The molecular formula is C19H18N2O5. The summed E-state index contributed by atoms with van der Waals surface area (Å²) in [5.41, 5.74) is 2.44. The molecule has 1 saturated carbocycles. The topological polar surface area (TPSA) is 89.8 Å². The molecule has 2 aliphatic carbocycles. The summed E-state index contributed by atoms with van der Waals surface area (Å²) in [6, 6.07) is 3.92. The Morgan fingerprint density at radius 1 is 1.12 bits per heavy atom. The van der Waals surface area contributed by atoms with Crippen LogP contribution in [0.3, 0.4) is 0 Å². The van der Waals surface area contributed by atoms with E-state index in [1.54, 1.807) is 0 Å². The molecule has 7 nitrogen and oxygen atoms in total. The maximum atomic E-state index is 13.1. The Morgan fingerprint density at radius 3 is 2.15 bits per heavy atom. The zero-order valence-electron chi connectivity index (χ0n) is 14.6. The number of fused-ring (bicyclic) bond motifs is 5. The number of nitrogens with zero attached hydrogens (tertiary/aromatic N) is 2. The second kappa shape index (κ2) is 5.52. The van der Waals surface area contributed by atoms with Crippen molar-refractivity contribution in [3.05, 3.63) is 51.6 Å². The molecule has 2 amide bonds. The van der Waals surface area contributed by atoms with Crippen LogP contribution >= 0.6 is 0 Å². The van der Waals surface area contributed by atoms with Crippen molar-refractivity contribution in [2.24, 2.45) is 23.7 Å². The van der Waals surface area contributed by atoms with Crippen molar-refractivity contribution in [3.8, 4) is 5.75 Å². The van der Waals surface area contributed by atoms with Gasteiger partial charge in [0.25, 0.3) is 5.69 Å². The van der Waals surface area contributed by atoms with E-state index in [0.717, 1.165) is 10.5 Å². The Morgan fingerprint density at radius 2 is 1.69 bits per heavy atom. The summed E-state index contributed by atoms with van der Waals surface area (Å²) in [5.74, 6) is -1.26. The number of amides is 2. The molecule has 1 aromatic rings.